The first-order valence-corrected chi connectivity index (χ1v) is 8.32. The fraction of sp³-hybridized carbons (Fsp3) is 0.263. The van der Waals surface area contributed by atoms with Crippen LogP contribution in [0.25, 0.3) is 11.3 Å². The lowest BCUT2D eigenvalue weighted by Crippen LogP contribution is -2.18. The highest BCUT2D eigenvalue weighted by molar-refractivity contribution is 5.58. The molecule has 1 N–H and O–H groups in total. The predicted molar refractivity (Wildman–Crippen MR) is 94.0 cm³/mol. The van der Waals surface area contributed by atoms with Gasteiger partial charge < -0.3 is 4.42 Å². The number of nitrogens with one attached hydrogen (secondary N) is 1. The van der Waals surface area contributed by atoms with Crippen LogP contribution in [0.15, 0.2) is 59.3 Å². The molecular formula is C19H20N4O. The van der Waals surface area contributed by atoms with Crippen molar-refractivity contribution < 1.29 is 4.42 Å². The third-order valence-corrected chi connectivity index (χ3v) is 4.23. The Labute approximate surface area is 141 Å². The molecule has 3 heterocycles. The average molecular weight is 320 g/mol. The fourth-order valence-electron chi connectivity index (χ4n) is 3.02. The summed E-state index contributed by atoms with van der Waals surface area (Å²) in [5.74, 6) is 1.50. The van der Waals surface area contributed by atoms with E-state index in [9.17, 15) is 0 Å². The van der Waals surface area contributed by atoms with Crippen molar-refractivity contribution in [2.75, 3.05) is 18.4 Å². The molecular weight excluding hydrogens is 300 g/mol. The smallest absolute Gasteiger partial charge is 0.300 e. The van der Waals surface area contributed by atoms with Gasteiger partial charge in [-0.3, -0.25) is 10.2 Å². The second-order valence-electron chi connectivity index (χ2n) is 6.05. The first kappa shape index (κ1) is 14.9. The first-order chi connectivity index (χ1) is 11.9. The maximum Gasteiger partial charge on any atom is 0.300 e. The van der Waals surface area contributed by atoms with Crippen LogP contribution in [-0.2, 0) is 6.54 Å². The number of oxazole rings is 1. The first-order valence-electron chi connectivity index (χ1n) is 8.32. The van der Waals surface area contributed by atoms with Gasteiger partial charge in [0, 0.05) is 18.3 Å². The Kier molecular flexibility index (Phi) is 4.25. The van der Waals surface area contributed by atoms with E-state index < -0.39 is 0 Å². The molecule has 5 heteroatoms. The van der Waals surface area contributed by atoms with Crippen molar-refractivity contribution >= 4 is 11.8 Å². The highest BCUT2D eigenvalue weighted by Crippen LogP contribution is 2.24. The summed E-state index contributed by atoms with van der Waals surface area (Å²) in [5, 5.41) is 3.15. The molecule has 0 saturated carbocycles. The number of likely N-dealkylation sites (tertiary alicyclic amines) is 1. The normalized spacial score (nSPS) is 14.8. The topological polar surface area (TPSA) is 54.2 Å². The maximum absolute atomic E-state index is 5.77. The SMILES string of the molecule is c1ccc(-c2cnc(Nc3cc(CN4CCCC4)ccn3)o2)cc1. The van der Waals surface area contributed by atoms with Crippen molar-refractivity contribution in [1.82, 2.24) is 14.9 Å². The molecule has 24 heavy (non-hydrogen) atoms. The number of benzene rings is 1. The third kappa shape index (κ3) is 3.46. The molecule has 0 aliphatic carbocycles. The van der Waals surface area contributed by atoms with Crippen LogP contribution < -0.4 is 5.32 Å². The van der Waals surface area contributed by atoms with Crippen molar-refractivity contribution in [2.24, 2.45) is 0 Å². The predicted octanol–water partition coefficient (Wildman–Crippen LogP) is 4.08. The second-order valence-corrected chi connectivity index (χ2v) is 6.05. The number of anilines is 2. The third-order valence-electron chi connectivity index (χ3n) is 4.23. The Hall–Kier alpha value is -2.66. The van der Waals surface area contributed by atoms with Gasteiger partial charge in [-0.15, -0.1) is 0 Å². The lowest BCUT2D eigenvalue weighted by atomic mass is 10.2. The zero-order chi connectivity index (χ0) is 16.2. The number of pyridine rings is 1. The molecule has 1 aromatic carbocycles. The maximum atomic E-state index is 5.77. The van der Waals surface area contributed by atoms with Gasteiger partial charge in [-0.25, -0.2) is 9.97 Å². The number of nitrogens with zero attached hydrogens (tertiary/aromatic N) is 3. The monoisotopic (exact) mass is 320 g/mol. The molecule has 1 aliphatic rings. The van der Waals surface area contributed by atoms with Gasteiger partial charge in [-0.05, 0) is 43.6 Å². The van der Waals surface area contributed by atoms with Crippen LogP contribution in [0.1, 0.15) is 18.4 Å². The van der Waals surface area contributed by atoms with Crippen molar-refractivity contribution in [3.8, 4) is 11.3 Å². The Balaban J connectivity index is 1.46. The highest BCUT2D eigenvalue weighted by Gasteiger charge is 2.12. The van der Waals surface area contributed by atoms with Gasteiger partial charge in [-0.2, -0.15) is 0 Å². The summed E-state index contributed by atoms with van der Waals surface area (Å²) < 4.78 is 5.77. The van der Waals surface area contributed by atoms with Gasteiger partial charge in [0.15, 0.2) is 5.76 Å². The zero-order valence-corrected chi connectivity index (χ0v) is 13.5. The summed E-state index contributed by atoms with van der Waals surface area (Å²) in [6, 6.07) is 14.5. The number of rotatable bonds is 5. The Morgan fingerprint density at radius 2 is 1.88 bits per heavy atom. The molecule has 3 aromatic rings. The van der Waals surface area contributed by atoms with E-state index in [1.165, 1.54) is 31.5 Å². The summed E-state index contributed by atoms with van der Waals surface area (Å²) in [6.45, 7) is 3.34. The van der Waals surface area contributed by atoms with Gasteiger partial charge in [-0.1, -0.05) is 30.3 Å². The minimum Gasteiger partial charge on any atom is -0.423 e. The van der Waals surface area contributed by atoms with Crippen LogP contribution >= 0.6 is 0 Å². The zero-order valence-electron chi connectivity index (χ0n) is 13.5. The summed E-state index contributed by atoms with van der Waals surface area (Å²) >= 11 is 0. The van der Waals surface area contributed by atoms with E-state index in [1.807, 2.05) is 36.5 Å². The molecule has 1 fully saturated rings. The Morgan fingerprint density at radius 3 is 2.71 bits per heavy atom. The molecule has 0 amide bonds. The fourth-order valence-corrected chi connectivity index (χ4v) is 3.02. The summed E-state index contributed by atoms with van der Waals surface area (Å²) in [4.78, 5) is 11.1. The summed E-state index contributed by atoms with van der Waals surface area (Å²) in [6.07, 6.45) is 6.16. The van der Waals surface area contributed by atoms with Gasteiger partial charge in [0.05, 0.1) is 6.20 Å². The van der Waals surface area contributed by atoms with E-state index in [1.54, 1.807) is 6.20 Å². The molecule has 0 radical (unpaired) electrons. The van der Waals surface area contributed by atoms with Gasteiger partial charge in [0.2, 0.25) is 0 Å². The molecule has 1 saturated heterocycles. The highest BCUT2D eigenvalue weighted by atomic mass is 16.4. The quantitative estimate of drug-likeness (QED) is 0.768. The van der Waals surface area contributed by atoms with Gasteiger partial charge in [0.25, 0.3) is 0 Å². The molecule has 122 valence electrons. The largest absolute Gasteiger partial charge is 0.423 e. The minimum absolute atomic E-state index is 0.458. The molecule has 0 bridgehead atoms. The van der Waals surface area contributed by atoms with E-state index in [4.69, 9.17) is 4.42 Å². The minimum atomic E-state index is 0.458. The van der Waals surface area contributed by atoms with E-state index in [2.05, 4.69) is 32.3 Å². The van der Waals surface area contributed by atoms with Crippen molar-refractivity contribution in [2.45, 2.75) is 19.4 Å². The Morgan fingerprint density at radius 1 is 1.04 bits per heavy atom. The van der Waals surface area contributed by atoms with Crippen LogP contribution in [-0.4, -0.2) is 28.0 Å². The van der Waals surface area contributed by atoms with Crippen molar-refractivity contribution in [3.05, 3.63) is 60.4 Å². The Bertz CT molecular complexity index is 794. The molecule has 0 spiro atoms. The molecule has 5 nitrogen and oxygen atoms in total. The van der Waals surface area contributed by atoms with Crippen LogP contribution in [0.2, 0.25) is 0 Å². The molecule has 4 rings (SSSR count). The van der Waals surface area contributed by atoms with Crippen molar-refractivity contribution in [3.63, 3.8) is 0 Å². The molecule has 1 aliphatic heterocycles. The lowest BCUT2D eigenvalue weighted by molar-refractivity contribution is 0.331. The van der Waals surface area contributed by atoms with Gasteiger partial charge in [0.1, 0.15) is 5.82 Å². The van der Waals surface area contributed by atoms with Crippen molar-refractivity contribution in [1.29, 1.82) is 0 Å². The lowest BCUT2D eigenvalue weighted by Gasteiger charge is -2.14. The molecule has 0 unspecified atom stereocenters. The van der Waals surface area contributed by atoms with Gasteiger partial charge >= 0.3 is 6.01 Å². The summed E-state index contributed by atoms with van der Waals surface area (Å²) in [5.41, 5.74) is 2.26. The number of hydrogen-bond acceptors (Lipinski definition) is 5. The van der Waals surface area contributed by atoms with E-state index in [-0.39, 0.29) is 0 Å². The van der Waals surface area contributed by atoms with E-state index in [0.717, 1.165) is 23.7 Å². The average Bonchev–Trinajstić information content (AvgIpc) is 3.28. The molecule has 0 atom stereocenters. The standard InChI is InChI=1S/C19H20N4O/c1-2-6-16(7-3-1)17-13-21-19(24-17)22-18-12-15(8-9-20-18)14-23-10-4-5-11-23/h1-3,6-9,12-13H,4-5,10-11,14H2,(H,20,21,22). The number of hydrogen-bond donors (Lipinski definition) is 1. The van der Waals surface area contributed by atoms with Crippen LogP contribution in [0.4, 0.5) is 11.8 Å². The van der Waals surface area contributed by atoms with Crippen LogP contribution in [0.3, 0.4) is 0 Å². The molecule has 2 aromatic heterocycles. The van der Waals surface area contributed by atoms with E-state index >= 15 is 0 Å². The van der Waals surface area contributed by atoms with Crippen LogP contribution in [0.5, 0.6) is 0 Å². The number of aromatic nitrogens is 2. The van der Waals surface area contributed by atoms with E-state index in [0.29, 0.717) is 6.01 Å². The second kappa shape index (κ2) is 6.84. The van der Waals surface area contributed by atoms with Crippen LogP contribution in [0, 0.1) is 0 Å². The summed E-state index contributed by atoms with van der Waals surface area (Å²) in [7, 11) is 0.